The molecule has 1 aromatic heterocycles. The monoisotopic (exact) mass is 348 g/mol. The second-order valence-corrected chi connectivity index (χ2v) is 7.92. The van der Waals surface area contributed by atoms with E-state index in [1.165, 1.54) is 22.5 Å². The highest BCUT2D eigenvalue weighted by atomic mass is 35.5. The molecule has 3 nitrogen and oxygen atoms in total. The fraction of sp³-hybridized carbons (Fsp3) is 0.389. The average Bonchev–Trinajstić information content (AvgIpc) is 3.13. The Balaban J connectivity index is 1.59. The maximum absolute atomic E-state index is 12.5. The van der Waals surface area contributed by atoms with Crippen LogP contribution in [0.5, 0.6) is 0 Å². The Labute approximate surface area is 146 Å². The SMILES string of the molecule is CN(Cc1ccc(Cl)s1)C(=O)CN(C)[C@H]1CCc2ccccc21. The fourth-order valence-corrected chi connectivity index (χ4v) is 4.34. The predicted molar refractivity (Wildman–Crippen MR) is 95.9 cm³/mol. The summed E-state index contributed by atoms with van der Waals surface area (Å²) in [5.41, 5.74) is 2.79. The number of rotatable bonds is 5. The molecule has 0 aliphatic heterocycles. The van der Waals surface area contributed by atoms with E-state index in [-0.39, 0.29) is 5.91 Å². The summed E-state index contributed by atoms with van der Waals surface area (Å²) >= 11 is 7.47. The van der Waals surface area contributed by atoms with Crippen LogP contribution >= 0.6 is 22.9 Å². The van der Waals surface area contributed by atoms with E-state index in [1.807, 2.05) is 26.2 Å². The average molecular weight is 349 g/mol. The Morgan fingerprint density at radius 2 is 2.04 bits per heavy atom. The van der Waals surface area contributed by atoms with Gasteiger partial charge in [-0.15, -0.1) is 11.3 Å². The Bertz CT molecular complexity index is 700. The highest BCUT2D eigenvalue weighted by Crippen LogP contribution is 2.34. The summed E-state index contributed by atoms with van der Waals surface area (Å²) in [5, 5.41) is 0. The van der Waals surface area contributed by atoms with Gasteiger partial charge in [-0.05, 0) is 43.1 Å². The van der Waals surface area contributed by atoms with E-state index in [4.69, 9.17) is 11.6 Å². The van der Waals surface area contributed by atoms with Gasteiger partial charge < -0.3 is 4.90 Å². The molecule has 2 aromatic rings. The minimum Gasteiger partial charge on any atom is -0.340 e. The van der Waals surface area contributed by atoms with Gasteiger partial charge in [0.15, 0.2) is 0 Å². The van der Waals surface area contributed by atoms with E-state index in [0.717, 1.165) is 22.1 Å². The van der Waals surface area contributed by atoms with Crippen LogP contribution in [0.15, 0.2) is 36.4 Å². The van der Waals surface area contributed by atoms with Crippen molar-refractivity contribution in [3.63, 3.8) is 0 Å². The Hall–Kier alpha value is -1.36. The summed E-state index contributed by atoms with van der Waals surface area (Å²) in [5.74, 6) is 0.140. The van der Waals surface area contributed by atoms with Gasteiger partial charge in [0.2, 0.25) is 5.91 Å². The smallest absolute Gasteiger partial charge is 0.236 e. The molecule has 1 aliphatic rings. The van der Waals surface area contributed by atoms with Gasteiger partial charge in [-0.3, -0.25) is 9.69 Å². The molecule has 0 spiro atoms. The van der Waals surface area contributed by atoms with Gasteiger partial charge in [0, 0.05) is 18.0 Å². The van der Waals surface area contributed by atoms with E-state index < -0.39 is 0 Å². The maximum atomic E-state index is 12.5. The zero-order valence-electron chi connectivity index (χ0n) is 13.5. The number of fused-ring (bicyclic) bond motifs is 1. The van der Waals surface area contributed by atoms with Crippen molar-refractivity contribution in [1.29, 1.82) is 0 Å². The van der Waals surface area contributed by atoms with Gasteiger partial charge in [-0.1, -0.05) is 35.9 Å². The van der Waals surface area contributed by atoms with E-state index in [2.05, 4.69) is 29.2 Å². The molecule has 23 heavy (non-hydrogen) atoms. The lowest BCUT2D eigenvalue weighted by Crippen LogP contribution is -2.37. The van der Waals surface area contributed by atoms with Crippen LogP contribution in [0.2, 0.25) is 4.34 Å². The molecule has 1 heterocycles. The van der Waals surface area contributed by atoms with Gasteiger partial charge >= 0.3 is 0 Å². The molecule has 0 radical (unpaired) electrons. The second kappa shape index (κ2) is 7.04. The van der Waals surface area contributed by atoms with E-state index in [1.54, 1.807) is 4.90 Å². The summed E-state index contributed by atoms with van der Waals surface area (Å²) in [7, 11) is 3.90. The molecule has 0 unspecified atom stereocenters. The largest absolute Gasteiger partial charge is 0.340 e. The quantitative estimate of drug-likeness (QED) is 0.816. The molecule has 0 N–H and O–H groups in total. The molecule has 1 aliphatic carbocycles. The lowest BCUT2D eigenvalue weighted by atomic mass is 10.1. The Morgan fingerprint density at radius 3 is 2.78 bits per heavy atom. The molecule has 0 saturated carbocycles. The molecule has 0 bridgehead atoms. The summed E-state index contributed by atoms with van der Waals surface area (Å²) in [4.78, 5) is 17.6. The summed E-state index contributed by atoms with van der Waals surface area (Å²) in [6.45, 7) is 1.06. The second-order valence-electron chi connectivity index (χ2n) is 6.12. The van der Waals surface area contributed by atoms with Crippen molar-refractivity contribution in [2.24, 2.45) is 0 Å². The number of likely N-dealkylation sites (N-methyl/N-ethyl adjacent to an activating group) is 2. The lowest BCUT2D eigenvalue weighted by Gasteiger charge is -2.27. The molecule has 0 saturated heterocycles. The molecule has 0 fully saturated rings. The zero-order chi connectivity index (χ0) is 16.4. The first-order chi connectivity index (χ1) is 11.0. The fourth-order valence-electron chi connectivity index (χ4n) is 3.20. The van der Waals surface area contributed by atoms with Crippen LogP contribution in [0.25, 0.3) is 0 Å². The predicted octanol–water partition coefficient (Wildman–Crippen LogP) is 3.98. The van der Waals surface area contributed by atoms with Crippen molar-refractivity contribution in [2.45, 2.75) is 25.4 Å². The number of benzene rings is 1. The molecule has 1 amide bonds. The number of hydrogen-bond donors (Lipinski definition) is 0. The summed E-state index contributed by atoms with van der Waals surface area (Å²) < 4.78 is 0.764. The first-order valence-electron chi connectivity index (χ1n) is 7.81. The van der Waals surface area contributed by atoms with Crippen LogP contribution in [0.4, 0.5) is 0 Å². The zero-order valence-corrected chi connectivity index (χ0v) is 15.0. The van der Waals surface area contributed by atoms with Crippen LogP contribution in [0.3, 0.4) is 0 Å². The topological polar surface area (TPSA) is 23.6 Å². The Morgan fingerprint density at radius 1 is 1.26 bits per heavy atom. The normalized spacial score (nSPS) is 16.6. The van der Waals surface area contributed by atoms with Crippen molar-refractivity contribution in [1.82, 2.24) is 9.80 Å². The van der Waals surface area contributed by atoms with Crippen molar-refractivity contribution in [2.75, 3.05) is 20.6 Å². The number of thiophene rings is 1. The number of nitrogens with zero attached hydrogens (tertiary/aromatic N) is 2. The summed E-state index contributed by atoms with van der Waals surface area (Å²) in [6.07, 6.45) is 2.19. The highest BCUT2D eigenvalue weighted by molar-refractivity contribution is 7.16. The van der Waals surface area contributed by atoms with Gasteiger partial charge in [0.05, 0.1) is 17.4 Å². The molecule has 122 valence electrons. The Kier molecular flexibility index (Phi) is 5.05. The number of carbonyl (C=O) groups is 1. The van der Waals surface area contributed by atoms with Gasteiger partial charge in [0.1, 0.15) is 0 Å². The molecular weight excluding hydrogens is 328 g/mol. The lowest BCUT2D eigenvalue weighted by molar-refractivity contribution is -0.131. The van der Waals surface area contributed by atoms with Crippen LogP contribution in [-0.2, 0) is 17.8 Å². The summed E-state index contributed by atoms with van der Waals surface area (Å²) in [6, 6.07) is 12.8. The number of halogens is 1. The van der Waals surface area contributed by atoms with Gasteiger partial charge in [0.25, 0.3) is 0 Å². The number of amides is 1. The van der Waals surface area contributed by atoms with Gasteiger partial charge in [-0.25, -0.2) is 0 Å². The minimum absolute atomic E-state index is 0.140. The minimum atomic E-state index is 0.140. The van der Waals surface area contributed by atoms with Crippen LogP contribution in [-0.4, -0.2) is 36.3 Å². The van der Waals surface area contributed by atoms with Crippen LogP contribution in [0, 0.1) is 0 Å². The standard InChI is InChI=1S/C18H21ClN2OS/c1-20(16-9-7-13-5-3-4-6-15(13)16)12-18(22)21(2)11-14-8-10-17(19)23-14/h3-6,8,10,16H,7,9,11-12H2,1-2H3/t16-/m0/s1. The maximum Gasteiger partial charge on any atom is 0.236 e. The molecule has 3 rings (SSSR count). The first-order valence-corrected chi connectivity index (χ1v) is 9.00. The number of carbonyl (C=O) groups excluding carboxylic acids is 1. The van der Waals surface area contributed by atoms with Gasteiger partial charge in [-0.2, -0.15) is 0 Å². The molecule has 1 aromatic carbocycles. The third kappa shape index (κ3) is 3.77. The van der Waals surface area contributed by atoms with Crippen LogP contribution in [0.1, 0.15) is 28.5 Å². The first kappa shape index (κ1) is 16.5. The van der Waals surface area contributed by atoms with Crippen molar-refractivity contribution in [3.8, 4) is 0 Å². The third-order valence-corrected chi connectivity index (χ3v) is 5.68. The molecule has 1 atom stereocenters. The molecule has 5 heteroatoms. The van der Waals surface area contributed by atoms with Crippen molar-refractivity contribution >= 4 is 28.8 Å². The number of aryl methyl sites for hydroxylation is 1. The highest BCUT2D eigenvalue weighted by Gasteiger charge is 2.27. The van der Waals surface area contributed by atoms with E-state index >= 15 is 0 Å². The van der Waals surface area contributed by atoms with E-state index in [9.17, 15) is 4.79 Å². The third-order valence-electron chi connectivity index (χ3n) is 4.47. The van der Waals surface area contributed by atoms with Crippen molar-refractivity contribution < 1.29 is 4.79 Å². The number of hydrogen-bond acceptors (Lipinski definition) is 3. The van der Waals surface area contributed by atoms with Crippen LogP contribution < -0.4 is 0 Å². The molecular formula is C18H21ClN2OS. The van der Waals surface area contributed by atoms with E-state index in [0.29, 0.717) is 19.1 Å². The van der Waals surface area contributed by atoms with Crippen molar-refractivity contribution in [3.05, 3.63) is 56.7 Å².